The molecule has 120 valence electrons. The second-order valence-corrected chi connectivity index (χ2v) is 6.13. The van der Waals surface area contributed by atoms with Gasteiger partial charge in [-0.25, -0.2) is 4.79 Å². The number of carboxylic acid groups (broad SMARTS) is 1. The molecule has 1 saturated carbocycles. The highest BCUT2D eigenvalue weighted by Gasteiger charge is 2.28. The van der Waals surface area contributed by atoms with Gasteiger partial charge in [-0.2, -0.15) is 0 Å². The van der Waals surface area contributed by atoms with Gasteiger partial charge in [0, 0.05) is 5.92 Å². The number of nitrogens with one attached hydrogen (secondary N) is 2. The van der Waals surface area contributed by atoms with Crippen molar-refractivity contribution in [3.63, 3.8) is 0 Å². The van der Waals surface area contributed by atoms with Gasteiger partial charge in [0.2, 0.25) is 11.8 Å². The highest BCUT2D eigenvalue weighted by atomic mass is 16.4. The maximum Gasteiger partial charge on any atom is 0.326 e. The quantitative estimate of drug-likeness (QED) is 0.688. The van der Waals surface area contributed by atoms with Crippen LogP contribution < -0.4 is 10.6 Å². The van der Waals surface area contributed by atoms with Crippen molar-refractivity contribution in [1.82, 2.24) is 10.6 Å². The summed E-state index contributed by atoms with van der Waals surface area (Å²) < 4.78 is 0. The molecule has 0 radical (unpaired) electrons. The van der Waals surface area contributed by atoms with Crippen LogP contribution in [0.1, 0.15) is 52.9 Å². The first-order valence-electron chi connectivity index (χ1n) is 7.66. The van der Waals surface area contributed by atoms with Gasteiger partial charge in [0.15, 0.2) is 0 Å². The Morgan fingerprint density at radius 1 is 1.00 bits per heavy atom. The Morgan fingerprint density at radius 3 is 2.05 bits per heavy atom. The minimum atomic E-state index is -1.07. The predicted molar refractivity (Wildman–Crippen MR) is 78.6 cm³/mol. The third-order valence-electron chi connectivity index (χ3n) is 3.96. The van der Waals surface area contributed by atoms with Crippen LogP contribution in [0.2, 0.25) is 0 Å². The summed E-state index contributed by atoms with van der Waals surface area (Å²) in [5, 5.41) is 14.2. The van der Waals surface area contributed by atoms with Crippen LogP contribution in [0.15, 0.2) is 0 Å². The number of hydrogen-bond acceptors (Lipinski definition) is 3. The molecule has 2 atom stereocenters. The molecule has 0 aromatic heterocycles. The Hall–Kier alpha value is -1.59. The average Bonchev–Trinajstić information content (AvgIpc) is 2.44. The van der Waals surface area contributed by atoms with Crippen molar-refractivity contribution in [3.05, 3.63) is 0 Å². The third-order valence-corrected chi connectivity index (χ3v) is 3.96. The number of aliphatic carboxylic acids is 1. The van der Waals surface area contributed by atoms with E-state index in [9.17, 15) is 14.4 Å². The summed E-state index contributed by atoms with van der Waals surface area (Å²) in [6.07, 6.45) is 4.99. The summed E-state index contributed by atoms with van der Waals surface area (Å²) in [5.41, 5.74) is 0. The first kappa shape index (κ1) is 17.5. The molecule has 3 N–H and O–H groups in total. The number of carbonyl (C=O) groups excluding carboxylic acids is 2. The molecule has 1 aliphatic rings. The molecule has 0 aliphatic heterocycles. The van der Waals surface area contributed by atoms with E-state index in [2.05, 4.69) is 10.6 Å². The summed E-state index contributed by atoms with van der Waals surface area (Å²) >= 11 is 0. The van der Waals surface area contributed by atoms with E-state index in [1.165, 1.54) is 0 Å². The minimum absolute atomic E-state index is 0.0191. The van der Waals surface area contributed by atoms with E-state index in [-0.39, 0.29) is 17.7 Å². The molecule has 21 heavy (non-hydrogen) atoms. The Morgan fingerprint density at radius 2 is 1.57 bits per heavy atom. The van der Waals surface area contributed by atoms with Gasteiger partial charge in [0.1, 0.15) is 12.1 Å². The number of rotatable bonds is 6. The molecule has 0 aromatic rings. The number of carboxylic acids is 1. The van der Waals surface area contributed by atoms with E-state index in [1.54, 1.807) is 20.8 Å². The smallest absolute Gasteiger partial charge is 0.326 e. The van der Waals surface area contributed by atoms with Crippen molar-refractivity contribution in [2.24, 2.45) is 11.8 Å². The lowest BCUT2D eigenvalue weighted by Gasteiger charge is -2.24. The Balaban J connectivity index is 2.49. The van der Waals surface area contributed by atoms with Gasteiger partial charge >= 0.3 is 5.97 Å². The fourth-order valence-corrected chi connectivity index (χ4v) is 2.55. The normalized spacial score (nSPS) is 18.9. The van der Waals surface area contributed by atoms with Crippen molar-refractivity contribution in [2.45, 2.75) is 65.0 Å². The summed E-state index contributed by atoms with van der Waals surface area (Å²) in [6, 6.07) is -1.66. The van der Waals surface area contributed by atoms with Gasteiger partial charge in [-0.3, -0.25) is 9.59 Å². The fraction of sp³-hybridized carbons (Fsp3) is 0.800. The Kier molecular flexibility index (Phi) is 6.65. The fourth-order valence-electron chi connectivity index (χ4n) is 2.55. The van der Waals surface area contributed by atoms with E-state index < -0.39 is 24.0 Å². The zero-order valence-electron chi connectivity index (χ0n) is 13.0. The lowest BCUT2D eigenvalue weighted by molar-refractivity contribution is -0.143. The number of hydrogen-bond donors (Lipinski definition) is 3. The van der Waals surface area contributed by atoms with Gasteiger partial charge in [-0.05, 0) is 25.7 Å². The molecule has 1 rings (SSSR count). The number of amides is 2. The monoisotopic (exact) mass is 298 g/mol. The van der Waals surface area contributed by atoms with E-state index in [1.807, 2.05) is 0 Å². The highest BCUT2D eigenvalue weighted by molar-refractivity contribution is 5.90. The molecule has 0 saturated heterocycles. The topological polar surface area (TPSA) is 95.5 Å². The lowest BCUT2D eigenvalue weighted by Crippen LogP contribution is -2.52. The predicted octanol–water partition coefficient (Wildman–Crippen LogP) is 1.30. The first-order valence-corrected chi connectivity index (χ1v) is 7.66. The Labute approximate surface area is 125 Å². The van der Waals surface area contributed by atoms with Crippen molar-refractivity contribution in [3.8, 4) is 0 Å². The molecular formula is C15H26N2O4. The molecule has 6 nitrogen and oxygen atoms in total. The molecule has 0 spiro atoms. The number of carbonyl (C=O) groups is 3. The minimum Gasteiger partial charge on any atom is -0.480 e. The van der Waals surface area contributed by atoms with Crippen LogP contribution in [0.4, 0.5) is 0 Å². The van der Waals surface area contributed by atoms with Crippen molar-refractivity contribution < 1.29 is 19.5 Å². The van der Waals surface area contributed by atoms with Crippen molar-refractivity contribution in [2.75, 3.05) is 0 Å². The maximum absolute atomic E-state index is 12.1. The molecule has 2 unspecified atom stereocenters. The van der Waals surface area contributed by atoms with E-state index >= 15 is 0 Å². The van der Waals surface area contributed by atoms with Gasteiger partial charge < -0.3 is 15.7 Å². The molecule has 1 fully saturated rings. The molecule has 2 amide bonds. The van der Waals surface area contributed by atoms with Crippen LogP contribution in [0.3, 0.4) is 0 Å². The summed E-state index contributed by atoms with van der Waals surface area (Å²) in [6.45, 7) is 5.03. The molecule has 0 heterocycles. The standard InChI is InChI=1S/C15H26N2O4/c1-9(2)12(15(20)21)17-13(18)10(3)16-14(19)11-7-5-4-6-8-11/h9-12H,4-8H2,1-3H3,(H,16,19)(H,17,18)(H,20,21). The zero-order valence-corrected chi connectivity index (χ0v) is 13.0. The second-order valence-electron chi connectivity index (χ2n) is 6.13. The molecule has 6 heteroatoms. The summed E-state index contributed by atoms with van der Waals surface area (Å²) in [7, 11) is 0. The molecular weight excluding hydrogens is 272 g/mol. The largest absolute Gasteiger partial charge is 0.480 e. The summed E-state index contributed by atoms with van der Waals surface area (Å²) in [4.78, 5) is 35.1. The van der Waals surface area contributed by atoms with Gasteiger partial charge in [-0.15, -0.1) is 0 Å². The van der Waals surface area contributed by atoms with Crippen LogP contribution in [0.25, 0.3) is 0 Å². The van der Waals surface area contributed by atoms with Crippen LogP contribution in [-0.2, 0) is 14.4 Å². The van der Waals surface area contributed by atoms with E-state index in [0.29, 0.717) is 0 Å². The molecule has 0 bridgehead atoms. The zero-order chi connectivity index (χ0) is 16.0. The van der Waals surface area contributed by atoms with Crippen LogP contribution in [0.5, 0.6) is 0 Å². The molecule has 1 aliphatic carbocycles. The SMILES string of the molecule is CC(NC(=O)C1CCCCC1)C(=O)NC(C(=O)O)C(C)C. The van der Waals surface area contributed by atoms with E-state index in [0.717, 1.165) is 32.1 Å². The van der Waals surface area contributed by atoms with E-state index in [4.69, 9.17) is 5.11 Å². The van der Waals surface area contributed by atoms with Crippen LogP contribution in [-0.4, -0.2) is 35.0 Å². The average molecular weight is 298 g/mol. The third kappa shape index (κ3) is 5.36. The second kappa shape index (κ2) is 8.00. The van der Waals surface area contributed by atoms with Crippen LogP contribution in [0, 0.1) is 11.8 Å². The lowest BCUT2D eigenvalue weighted by atomic mass is 9.88. The Bertz CT molecular complexity index is 389. The first-order chi connectivity index (χ1) is 9.82. The van der Waals surface area contributed by atoms with Gasteiger partial charge in [0.25, 0.3) is 0 Å². The van der Waals surface area contributed by atoms with Gasteiger partial charge in [0.05, 0.1) is 0 Å². The van der Waals surface area contributed by atoms with Crippen molar-refractivity contribution >= 4 is 17.8 Å². The highest BCUT2D eigenvalue weighted by Crippen LogP contribution is 2.23. The van der Waals surface area contributed by atoms with Crippen molar-refractivity contribution in [1.29, 1.82) is 0 Å². The maximum atomic E-state index is 12.1. The molecule has 0 aromatic carbocycles. The summed E-state index contributed by atoms with van der Waals surface area (Å²) in [5.74, 6) is -1.86. The van der Waals surface area contributed by atoms with Crippen LogP contribution >= 0.6 is 0 Å². The van der Waals surface area contributed by atoms with Gasteiger partial charge in [-0.1, -0.05) is 33.1 Å².